The largest absolute Gasteiger partial charge is 0.395 e. The summed E-state index contributed by atoms with van der Waals surface area (Å²) in [6.45, 7) is 6.15. The second kappa shape index (κ2) is 8.45. The molecule has 4 aromatic rings. The number of para-hydroxylation sites is 2. The van der Waals surface area contributed by atoms with Crippen LogP contribution in [0.25, 0.3) is 27.8 Å². The third kappa shape index (κ3) is 3.61. The lowest BCUT2D eigenvalue weighted by atomic mass is 10.1. The molecule has 4 N–H and O–H groups in total. The summed E-state index contributed by atoms with van der Waals surface area (Å²) in [7, 11) is 1.59. The number of hydrogen-bond donors (Lipinski definition) is 4. The van der Waals surface area contributed by atoms with E-state index in [1.165, 1.54) is 0 Å². The molecule has 0 saturated carbocycles. The number of carbonyl (C=O) groups is 1. The summed E-state index contributed by atoms with van der Waals surface area (Å²) in [4.78, 5) is 29.8. The highest BCUT2D eigenvalue weighted by atomic mass is 16.3. The molecule has 1 fully saturated rings. The fraction of sp³-hybridized carbons (Fsp3) is 0.391. The maximum absolute atomic E-state index is 13.0. The first-order chi connectivity index (χ1) is 16.0. The van der Waals surface area contributed by atoms with Gasteiger partial charge in [-0.3, -0.25) is 9.20 Å². The number of fused-ring (bicyclic) bond motifs is 5. The summed E-state index contributed by atoms with van der Waals surface area (Å²) in [6, 6.07) is 8.40. The molecular weight excluding hydrogens is 420 g/mol. The van der Waals surface area contributed by atoms with E-state index in [1.54, 1.807) is 13.2 Å². The van der Waals surface area contributed by atoms with Gasteiger partial charge in [0.05, 0.1) is 29.5 Å². The van der Waals surface area contributed by atoms with Gasteiger partial charge in [-0.25, -0.2) is 15.0 Å². The van der Waals surface area contributed by atoms with E-state index in [2.05, 4.69) is 34.7 Å². The molecule has 33 heavy (non-hydrogen) atoms. The number of amides is 1. The Morgan fingerprint density at radius 3 is 2.67 bits per heavy atom. The van der Waals surface area contributed by atoms with Gasteiger partial charge in [-0.15, -0.1) is 0 Å². The standard InChI is InChI=1S/C23H28N8O2/c1-13-11-30(12-14(2)27-13)17-10-26-20-19(25-8-9-32)18(23(33)24-3)21-28-15-6-4-5-7-16(15)31(21)22(20)29-17/h4-7,10,13-14,25,27,32H,8-9,11-12H2,1-3H3,(H,24,33)/t13-,14+. The molecule has 1 aliphatic heterocycles. The molecule has 4 heterocycles. The Labute approximate surface area is 191 Å². The lowest BCUT2D eigenvalue weighted by Crippen LogP contribution is -2.54. The quantitative estimate of drug-likeness (QED) is 0.362. The van der Waals surface area contributed by atoms with Crippen molar-refractivity contribution in [2.75, 3.05) is 43.5 Å². The summed E-state index contributed by atoms with van der Waals surface area (Å²) in [5.74, 6) is 0.496. The third-order valence-electron chi connectivity index (χ3n) is 5.97. The van der Waals surface area contributed by atoms with Crippen molar-refractivity contribution >= 4 is 45.3 Å². The molecular formula is C23H28N8O2. The fourth-order valence-electron chi connectivity index (χ4n) is 4.70. The van der Waals surface area contributed by atoms with E-state index < -0.39 is 0 Å². The highest BCUT2D eigenvalue weighted by Gasteiger charge is 2.27. The molecule has 10 nitrogen and oxygen atoms in total. The molecule has 0 unspecified atom stereocenters. The summed E-state index contributed by atoms with van der Waals surface area (Å²) >= 11 is 0. The third-order valence-corrected chi connectivity index (χ3v) is 5.97. The van der Waals surface area contributed by atoms with E-state index in [-0.39, 0.29) is 19.1 Å². The minimum atomic E-state index is -0.284. The van der Waals surface area contributed by atoms with E-state index in [0.29, 0.717) is 40.1 Å². The normalized spacial score (nSPS) is 18.8. The minimum Gasteiger partial charge on any atom is -0.395 e. The van der Waals surface area contributed by atoms with Crippen LogP contribution in [0.4, 0.5) is 11.5 Å². The number of pyridine rings is 1. The maximum Gasteiger partial charge on any atom is 0.257 e. The summed E-state index contributed by atoms with van der Waals surface area (Å²) in [5.41, 5.74) is 4.17. The highest BCUT2D eigenvalue weighted by Crippen LogP contribution is 2.33. The van der Waals surface area contributed by atoms with Gasteiger partial charge in [0.15, 0.2) is 11.3 Å². The van der Waals surface area contributed by atoms with Gasteiger partial charge in [0, 0.05) is 38.8 Å². The van der Waals surface area contributed by atoms with Gasteiger partial charge in [-0.2, -0.15) is 0 Å². The molecule has 2 atom stereocenters. The number of nitrogens with zero attached hydrogens (tertiary/aromatic N) is 5. The van der Waals surface area contributed by atoms with E-state index in [9.17, 15) is 9.90 Å². The average Bonchev–Trinajstić information content (AvgIpc) is 3.20. The number of piperazine rings is 1. The molecule has 0 bridgehead atoms. The summed E-state index contributed by atoms with van der Waals surface area (Å²) in [5, 5.41) is 18.9. The number of benzene rings is 1. The van der Waals surface area contributed by atoms with Crippen LogP contribution in [0.2, 0.25) is 0 Å². The maximum atomic E-state index is 13.0. The molecule has 3 aromatic heterocycles. The van der Waals surface area contributed by atoms with Crippen molar-refractivity contribution in [3.05, 3.63) is 36.0 Å². The Morgan fingerprint density at radius 2 is 1.94 bits per heavy atom. The van der Waals surface area contributed by atoms with E-state index in [4.69, 9.17) is 15.0 Å². The zero-order valence-corrected chi connectivity index (χ0v) is 19.0. The second-order valence-electron chi connectivity index (χ2n) is 8.51. The number of aliphatic hydroxyl groups is 1. The lowest BCUT2D eigenvalue weighted by Gasteiger charge is -2.36. The van der Waals surface area contributed by atoms with Crippen LogP contribution in [-0.2, 0) is 0 Å². The van der Waals surface area contributed by atoms with Crippen LogP contribution >= 0.6 is 0 Å². The summed E-state index contributed by atoms with van der Waals surface area (Å²) < 4.78 is 1.91. The van der Waals surface area contributed by atoms with Crippen molar-refractivity contribution in [1.29, 1.82) is 0 Å². The lowest BCUT2D eigenvalue weighted by molar-refractivity contribution is 0.0965. The van der Waals surface area contributed by atoms with Crippen molar-refractivity contribution in [1.82, 2.24) is 30.0 Å². The highest BCUT2D eigenvalue weighted by molar-refractivity contribution is 6.12. The predicted molar refractivity (Wildman–Crippen MR) is 129 cm³/mol. The first kappa shape index (κ1) is 21.4. The first-order valence-corrected chi connectivity index (χ1v) is 11.2. The number of anilines is 2. The second-order valence-corrected chi connectivity index (χ2v) is 8.51. The van der Waals surface area contributed by atoms with Gasteiger partial charge in [-0.1, -0.05) is 12.1 Å². The smallest absolute Gasteiger partial charge is 0.257 e. The van der Waals surface area contributed by atoms with Crippen LogP contribution in [0.1, 0.15) is 24.2 Å². The number of carbonyl (C=O) groups excluding carboxylic acids is 1. The topological polar surface area (TPSA) is 120 Å². The van der Waals surface area contributed by atoms with Crippen LogP contribution in [0, 0.1) is 0 Å². The number of imidazole rings is 1. The SMILES string of the molecule is CNC(=O)c1c(NCCO)c2ncc(N3C[C@@H](C)N[C@@H](C)C3)nc2n2c1nc1ccccc12. The number of aliphatic hydroxyl groups excluding tert-OH is 1. The van der Waals surface area contributed by atoms with Gasteiger partial charge in [-0.05, 0) is 26.0 Å². The number of aromatic nitrogens is 4. The zero-order chi connectivity index (χ0) is 23.1. The molecule has 5 rings (SSSR count). The minimum absolute atomic E-state index is 0.0850. The van der Waals surface area contributed by atoms with Gasteiger partial charge < -0.3 is 26.0 Å². The molecule has 172 valence electrons. The van der Waals surface area contributed by atoms with Crippen LogP contribution in [0.3, 0.4) is 0 Å². The fourth-order valence-corrected chi connectivity index (χ4v) is 4.70. The van der Waals surface area contributed by atoms with E-state index in [0.717, 1.165) is 29.9 Å². The Bertz CT molecular complexity index is 1340. The van der Waals surface area contributed by atoms with Crippen molar-refractivity contribution in [2.45, 2.75) is 25.9 Å². The molecule has 10 heteroatoms. The van der Waals surface area contributed by atoms with Crippen LogP contribution in [0.5, 0.6) is 0 Å². The Balaban J connectivity index is 1.84. The number of nitrogens with one attached hydrogen (secondary N) is 3. The number of rotatable bonds is 5. The molecule has 0 radical (unpaired) electrons. The Kier molecular flexibility index (Phi) is 5.47. The molecule has 1 amide bonds. The molecule has 0 aliphatic carbocycles. The Hall–Kier alpha value is -3.50. The predicted octanol–water partition coefficient (Wildman–Crippen LogP) is 1.38. The molecule has 0 spiro atoms. The molecule has 1 saturated heterocycles. The van der Waals surface area contributed by atoms with Crippen LogP contribution < -0.4 is 20.9 Å². The average molecular weight is 449 g/mol. The first-order valence-electron chi connectivity index (χ1n) is 11.2. The monoisotopic (exact) mass is 448 g/mol. The summed E-state index contributed by atoms with van der Waals surface area (Å²) in [6.07, 6.45) is 1.76. The number of hydrogen-bond acceptors (Lipinski definition) is 8. The van der Waals surface area contributed by atoms with Crippen molar-refractivity contribution in [2.24, 2.45) is 0 Å². The van der Waals surface area contributed by atoms with Gasteiger partial charge in [0.2, 0.25) is 0 Å². The van der Waals surface area contributed by atoms with Crippen LogP contribution in [-0.4, -0.2) is 75.7 Å². The molecule has 1 aliphatic rings. The van der Waals surface area contributed by atoms with Crippen molar-refractivity contribution in [3.8, 4) is 0 Å². The van der Waals surface area contributed by atoms with Crippen LogP contribution in [0.15, 0.2) is 30.5 Å². The Morgan fingerprint density at radius 1 is 1.18 bits per heavy atom. The van der Waals surface area contributed by atoms with Crippen molar-refractivity contribution in [3.63, 3.8) is 0 Å². The van der Waals surface area contributed by atoms with Gasteiger partial charge in [0.1, 0.15) is 16.9 Å². The molecule has 1 aromatic carbocycles. The van der Waals surface area contributed by atoms with Crippen molar-refractivity contribution < 1.29 is 9.90 Å². The van der Waals surface area contributed by atoms with E-state index >= 15 is 0 Å². The zero-order valence-electron chi connectivity index (χ0n) is 19.0. The van der Waals surface area contributed by atoms with Gasteiger partial charge in [0.25, 0.3) is 5.91 Å². The van der Waals surface area contributed by atoms with Gasteiger partial charge >= 0.3 is 0 Å². The van der Waals surface area contributed by atoms with E-state index in [1.807, 2.05) is 28.7 Å².